The molecular weight excluding hydrogens is 200 g/mol. The number of nitrogens with zero attached hydrogens (tertiary/aromatic N) is 2. The Morgan fingerprint density at radius 2 is 1.88 bits per heavy atom. The van der Waals surface area contributed by atoms with Gasteiger partial charge in [-0.05, 0) is 6.92 Å². The van der Waals surface area contributed by atoms with Gasteiger partial charge in [-0.25, -0.2) is 9.66 Å². The van der Waals surface area contributed by atoms with Gasteiger partial charge in [0.1, 0.15) is 11.5 Å². The normalized spacial score (nSPS) is 10.6. The third kappa shape index (κ3) is 1.62. The van der Waals surface area contributed by atoms with Gasteiger partial charge in [0.15, 0.2) is 5.82 Å². The summed E-state index contributed by atoms with van der Waals surface area (Å²) in [4.78, 5) is 4.44. The lowest BCUT2D eigenvalue weighted by molar-refractivity contribution is 0.865. The van der Waals surface area contributed by atoms with Gasteiger partial charge in [0.05, 0.1) is 0 Å². The van der Waals surface area contributed by atoms with E-state index in [1.54, 1.807) is 0 Å². The van der Waals surface area contributed by atoms with Crippen LogP contribution < -0.4 is 11.6 Å². The van der Waals surface area contributed by atoms with Crippen molar-refractivity contribution >= 4 is 5.82 Å². The third-order valence-corrected chi connectivity index (χ3v) is 2.66. The highest BCUT2D eigenvalue weighted by molar-refractivity contribution is 5.71. The van der Waals surface area contributed by atoms with Crippen molar-refractivity contribution in [3.05, 3.63) is 35.7 Å². The van der Waals surface area contributed by atoms with Crippen molar-refractivity contribution in [3.8, 4) is 11.3 Å². The van der Waals surface area contributed by atoms with Crippen LogP contribution in [0, 0.1) is 6.92 Å². The van der Waals surface area contributed by atoms with Crippen molar-refractivity contribution in [1.29, 1.82) is 0 Å². The second-order valence-corrected chi connectivity index (χ2v) is 3.85. The van der Waals surface area contributed by atoms with Crippen molar-refractivity contribution in [2.45, 2.75) is 20.3 Å². The van der Waals surface area contributed by atoms with Crippen LogP contribution >= 0.6 is 0 Å². The molecule has 0 bridgehead atoms. The van der Waals surface area contributed by atoms with E-state index in [0.29, 0.717) is 5.82 Å². The van der Waals surface area contributed by atoms with E-state index in [2.05, 4.69) is 4.98 Å². The van der Waals surface area contributed by atoms with E-state index in [9.17, 15) is 0 Å². The molecule has 0 aliphatic carbocycles. The maximum absolute atomic E-state index is 5.92. The molecule has 84 valence electrons. The van der Waals surface area contributed by atoms with Crippen LogP contribution in [0.15, 0.2) is 24.3 Å². The molecule has 0 spiro atoms. The second kappa shape index (κ2) is 3.89. The van der Waals surface area contributed by atoms with Crippen molar-refractivity contribution < 1.29 is 0 Å². The van der Waals surface area contributed by atoms with E-state index in [1.165, 1.54) is 10.2 Å². The molecule has 4 nitrogen and oxygen atoms in total. The monoisotopic (exact) mass is 216 g/mol. The Bertz CT molecular complexity index is 496. The predicted molar refractivity (Wildman–Crippen MR) is 66.3 cm³/mol. The fourth-order valence-corrected chi connectivity index (χ4v) is 1.67. The molecule has 0 unspecified atom stereocenters. The molecule has 16 heavy (non-hydrogen) atoms. The van der Waals surface area contributed by atoms with Gasteiger partial charge in [0.2, 0.25) is 0 Å². The molecule has 1 aromatic heterocycles. The summed E-state index contributed by atoms with van der Waals surface area (Å²) in [6.45, 7) is 4.05. The van der Waals surface area contributed by atoms with Gasteiger partial charge in [-0.3, -0.25) is 0 Å². The minimum absolute atomic E-state index is 0.515. The lowest BCUT2D eigenvalue weighted by atomic mass is 10.1. The molecule has 0 saturated carbocycles. The fraction of sp³-hybridized carbons (Fsp3) is 0.250. The molecule has 1 aromatic carbocycles. The zero-order chi connectivity index (χ0) is 11.7. The molecule has 0 atom stereocenters. The Morgan fingerprint density at radius 3 is 2.38 bits per heavy atom. The van der Waals surface area contributed by atoms with E-state index in [-0.39, 0.29) is 0 Å². The summed E-state index contributed by atoms with van der Waals surface area (Å²) in [5.74, 6) is 7.12. The Balaban J connectivity index is 2.52. The van der Waals surface area contributed by atoms with E-state index in [1.807, 2.05) is 38.1 Å². The number of benzene rings is 1. The summed E-state index contributed by atoms with van der Waals surface area (Å²) in [5.41, 5.74) is 8.90. The van der Waals surface area contributed by atoms with Crippen LogP contribution in [0.2, 0.25) is 0 Å². The first-order valence-electron chi connectivity index (χ1n) is 5.32. The number of imidazole rings is 1. The van der Waals surface area contributed by atoms with E-state index in [4.69, 9.17) is 11.6 Å². The van der Waals surface area contributed by atoms with Crippen LogP contribution in [0.4, 0.5) is 5.82 Å². The maximum atomic E-state index is 5.92. The largest absolute Gasteiger partial charge is 0.382 e. The Kier molecular flexibility index (Phi) is 2.56. The van der Waals surface area contributed by atoms with Crippen LogP contribution in [-0.2, 0) is 6.42 Å². The highest BCUT2D eigenvalue weighted by Crippen LogP contribution is 2.25. The lowest BCUT2D eigenvalue weighted by Crippen LogP contribution is -2.14. The Labute approximate surface area is 94.9 Å². The Morgan fingerprint density at radius 1 is 1.25 bits per heavy atom. The van der Waals surface area contributed by atoms with Crippen LogP contribution in [0.25, 0.3) is 11.3 Å². The van der Waals surface area contributed by atoms with Gasteiger partial charge in [-0.2, -0.15) is 0 Å². The number of hydrogen-bond donors (Lipinski definition) is 2. The molecule has 2 aromatic rings. The third-order valence-electron chi connectivity index (χ3n) is 2.66. The van der Waals surface area contributed by atoms with Crippen molar-refractivity contribution in [1.82, 2.24) is 9.66 Å². The van der Waals surface area contributed by atoms with Crippen molar-refractivity contribution in [2.75, 3.05) is 11.6 Å². The minimum atomic E-state index is 0.515. The van der Waals surface area contributed by atoms with Gasteiger partial charge in [-0.15, -0.1) is 0 Å². The minimum Gasteiger partial charge on any atom is -0.382 e. The number of anilines is 1. The quantitative estimate of drug-likeness (QED) is 0.751. The SMILES string of the molecule is CCc1nc(-c2ccc(C)cc2)c(N)n1N. The number of aryl methyl sites for hydroxylation is 2. The second-order valence-electron chi connectivity index (χ2n) is 3.85. The number of nitrogen functional groups attached to an aromatic ring is 2. The number of rotatable bonds is 2. The zero-order valence-electron chi connectivity index (χ0n) is 9.57. The molecule has 1 heterocycles. The lowest BCUT2D eigenvalue weighted by Gasteiger charge is -2.01. The molecule has 0 amide bonds. The van der Waals surface area contributed by atoms with Crippen molar-refractivity contribution in [3.63, 3.8) is 0 Å². The summed E-state index contributed by atoms with van der Waals surface area (Å²) in [6, 6.07) is 8.09. The highest BCUT2D eigenvalue weighted by Gasteiger charge is 2.12. The molecule has 0 saturated heterocycles. The number of nitrogens with two attached hydrogens (primary N) is 2. The predicted octanol–water partition coefficient (Wildman–Crippen LogP) is 1.72. The molecule has 0 fully saturated rings. The van der Waals surface area contributed by atoms with Crippen LogP contribution in [0.5, 0.6) is 0 Å². The van der Waals surface area contributed by atoms with Gasteiger partial charge in [0.25, 0.3) is 0 Å². The topological polar surface area (TPSA) is 69.9 Å². The van der Waals surface area contributed by atoms with E-state index >= 15 is 0 Å². The summed E-state index contributed by atoms with van der Waals surface area (Å²) >= 11 is 0. The standard InChI is InChI=1S/C12H16N4/c1-3-10-15-11(12(13)16(10)14)9-6-4-8(2)5-7-9/h4-7H,3,13-14H2,1-2H3. The zero-order valence-corrected chi connectivity index (χ0v) is 9.57. The molecule has 0 radical (unpaired) electrons. The molecule has 4 N–H and O–H groups in total. The first-order chi connectivity index (χ1) is 7.63. The number of hydrogen-bond acceptors (Lipinski definition) is 3. The van der Waals surface area contributed by atoms with Crippen LogP contribution in [0.1, 0.15) is 18.3 Å². The summed E-state index contributed by atoms with van der Waals surface area (Å²) in [6.07, 6.45) is 0.770. The van der Waals surface area contributed by atoms with Gasteiger partial charge in [-0.1, -0.05) is 36.8 Å². The van der Waals surface area contributed by atoms with Crippen LogP contribution in [-0.4, -0.2) is 9.66 Å². The van der Waals surface area contributed by atoms with Gasteiger partial charge in [0, 0.05) is 12.0 Å². The molecule has 0 aliphatic heterocycles. The average Bonchev–Trinajstić information content (AvgIpc) is 2.57. The first kappa shape index (κ1) is 10.5. The van der Waals surface area contributed by atoms with Gasteiger partial charge < -0.3 is 11.6 Å². The Hall–Kier alpha value is -1.97. The van der Waals surface area contributed by atoms with E-state index < -0.39 is 0 Å². The highest BCUT2D eigenvalue weighted by atomic mass is 15.4. The molecule has 4 heteroatoms. The van der Waals surface area contributed by atoms with Crippen LogP contribution in [0.3, 0.4) is 0 Å². The average molecular weight is 216 g/mol. The number of aromatic nitrogens is 2. The van der Waals surface area contributed by atoms with Crippen molar-refractivity contribution in [2.24, 2.45) is 0 Å². The summed E-state index contributed by atoms with van der Waals surface area (Å²) in [5, 5.41) is 0. The van der Waals surface area contributed by atoms with E-state index in [0.717, 1.165) is 23.5 Å². The first-order valence-corrected chi connectivity index (χ1v) is 5.32. The smallest absolute Gasteiger partial charge is 0.150 e. The maximum Gasteiger partial charge on any atom is 0.150 e. The summed E-state index contributed by atoms with van der Waals surface area (Å²) < 4.78 is 1.45. The fourth-order valence-electron chi connectivity index (χ4n) is 1.67. The molecular formula is C12H16N4. The summed E-state index contributed by atoms with van der Waals surface area (Å²) in [7, 11) is 0. The van der Waals surface area contributed by atoms with Gasteiger partial charge >= 0.3 is 0 Å². The molecule has 2 rings (SSSR count). The molecule has 0 aliphatic rings.